The first kappa shape index (κ1) is 15.3. The summed E-state index contributed by atoms with van der Waals surface area (Å²) in [5.74, 6) is 0.604. The van der Waals surface area contributed by atoms with E-state index in [2.05, 4.69) is 21.3 Å². The van der Waals surface area contributed by atoms with Crippen LogP contribution in [0.4, 0.5) is 15.9 Å². The minimum absolute atomic E-state index is 0.315. The van der Waals surface area contributed by atoms with Gasteiger partial charge in [-0.15, -0.1) is 0 Å². The minimum atomic E-state index is -0.400. The van der Waals surface area contributed by atoms with Crippen molar-refractivity contribution in [2.24, 2.45) is 0 Å². The maximum Gasteiger partial charge on any atom is 0.128 e. The van der Waals surface area contributed by atoms with Gasteiger partial charge in [-0.1, -0.05) is 0 Å². The highest BCUT2D eigenvalue weighted by atomic mass is 19.1. The molecule has 1 aromatic heterocycles. The highest BCUT2D eigenvalue weighted by molar-refractivity contribution is 5.57. The molecule has 1 aliphatic rings. The van der Waals surface area contributed by atoms with Crippen LogP contribution >= 0.6 is 0 Å². The van der Waals surface area contributed by atoms with Crippen molar-refractivity contribution in [1.82, 2.24) is 4.98 Å². The molecule has 2 aromatic rings. The summed E-state index contributed by atoms with van der Waals surface area (Å²) < 4.78 is 13.2. The fourth-order valence-corrected chi connectivity index (χ4v) is 2.83. The van der Waals surface area contributed by atoms with Gasteiger partial charge in [-0.2, -0.15) is 5.26 Å². The van der Waals surface area contributed by atoms with Gasteiger partial charge in [0.15, 0.2) is 0 Å². The number of rotatable bonds is 4. The third-order valence-corrected chi connectivity index (χ3v) is 4.08. The Kier molecular flexibility index (Phi) is 4.72. The maximum absolute atomic E-state index is 13.2. The Bertz CT molecular complexity index is 717. The van der Waals surface area contributed by atoms with E-state index in [4.69, 9.17) is 5.26 Å². The van der Waals surface area contributed by atoms with Crippen molar-refractivity contribution in [3.8, 4) is 6.07 Å². The van der Waals surface area contributed by atoms with Crippen LogP contribution in [0.2, 0.25) is 0 Å². The van der Waals surface area contributed by atoms with Crippen molar-refractivity contribution in [3.63, 3.8) is 0 Å². The van der Waals surface area contributed by atoms with Crippen LogP contribution in [0.25, 0.3) is 0 Å². The van der Waals surface area contributed by atoms with Gasteiger partial charge in [-0.25, -0.2) is 9.37 Å². The first-order valence-corrected chi connectivity index (χ1v) is 7.89. The van der Waals surface area contributed by atoms with Gasteiger partial charge in [0.05, 0.1) is 11.3 Å². The third kappa shape index (κ3) is 3.78. The molecule has 1 saturated heterocycles. The molecule has 4 nitrogen and oxygen atoms in total. The zero-order valence-electron chi connectivity index (χ0n) is 12.9. The number of aromatic nitrogens is 1. The average Bonchev–Trinajstić information content (AvgIpc) is 2.61. The summed E-state index contributed by atoms with van der Waals surface area (Å²) in [6.07, 6.45) is 5.53. The summed E-state index contributed by atoms with van der Waals surface area (Å²) in [7, 11) is 0. The molecule has 0 radical (unpaired) electrons. The average molecular weight is 310 g/mol. The maximum atomic E-state index is 13.2. The van der Waals surface area contributed by atoms with Gasteiger partial charge in [0.25, 0.3) is 0 Å². The van der Waals surface area contributed by atoms with Crippen molar-refractivity contribution in [2.75, 3.05) is 23.3 Å². The molecule has 0 atom stereocenters. The highest BCUT2D eigenvalue weighted by Crippen LogP contribution is 2.20. The molecule has 5 heteroatoms. The lowest BCUT2D eigenvalue weighted by Crippen LogP contribution is -2.30. The van der Waals surface area contributed by atoms with E-state index in [0.717, 1.165) is 24.5 Å². The fraction of sp³-hybridized carbons (Fsp3) is 0.333. The summed E-state index contributed by atoms with van der Waals surface area (Å²) in [6.45, 7) is 2.69. The van der Waals surface area contributed by atoms with Crippen LogP contribution in [0, 0.1) is 17.1 Å². The zero-order valence-corrected chi connectivity index (χ0v) is 12.9. The summed E-state index contributed by atoms with van der Waals surface area (Å²) in [5.41, 5.74) is 2.05. The first-order chi connectivity index (χ1) is 11.3. The van der Waals surface area contributed by atoms with Crippen LogP contribution in [0.1, 0.15) is 30.4 Å². The molecule has 0 saturated carbocycles. The van der Waals surface area contributed by atoms with Gasteiger partial charge in [0.1, 0.15) is 17.7 Å². The van der Waals surface area contributed by atoms with Gasteiger partial charge in [0, 0.05) is 25.8 Å². The number of halogens is 1. The molecule has 0 bridgehead atoms. The van der Waals surface area contributed by atoms with Crippen LogP contribution in [0.5, 0.6) is 0 Å². The van der Waals surface area contributed by atoms with Crippen LogP contribution in [-0.4, -0.2) is 18.1 Å². The molecular formula is C18H19FN4. The van der Waals surface area contributed by atoms with E-state index in [1.807, 2.05) is 18.3 Å². The predicted octanol–water partition coefficient (Wildman–Crippen LogP) is 3.69. The Balaban J connectivity index is 1.70. The van der Waals surface area contributed by atoms with E-state index in [9.17, 15) is 4.39 Å². The highest BCUT2D eigenvalue weighted by Gasteiger charge is 2.12. The predicted molar refractivity (Wildman–Crippen MR) is 88.7 cm³/mol. The van der Waals surface area contributed by atoms with Gasteiger partial charge in [-0.3, -0.25) is 0 Å². The van der Waals surface area contributed by atoms with Crippen molar-refractivity contribution in [2.45, 2.75) is 25.8 Å². The van der Waals surface area contributed by atoms with Gasteiger partial charge in [0.2, 0.25) is 0 Å². The lowest BCUT2D eigenvalue weighted by atomic mass is 10.1. The number of pyridine rings is 1. The summed E-state index contributed by atoms with van der Waals surface area (Å²) in [6, 6.07) is 10.2. The molecular weight excluding hydrogens is 291 g/mol. The van der Waals surface area contributed by atoms with E-state index in [-0.39, 0.29) is 0 Å². The lowest BCUT2D eigenvalue weighted by Gasteiger charge is -2.28. The number of nitrogens with one attached hydrogen (secondary N) is 1. The van der Waals surface area contributed by atoms with Crippen molar-refractivity contribution in [3.05, 3.63) is 53.5 Å². The number of piperidine rings is 1. The Morgan fingerprint density at radius 2 is 2.00 bits per heavy atom. The quantitative estimate of drug-likeness (QED) is 0.935. The Morgan fingerprint density at radius 1 is 1.17 bits per heavy atom. The number of anilines is 2. The molecule has 0 aliphatic carbocycles. The van der Waals surface area contributed by atoms with Crippen molar-refractivity contribution >= 4 is 11.5 Å². The second kappa shape index (κ2) is 7.10. The van der Waals surface area contributed by atoms with E-state index in [0.29, 0.717) is 17.8 Å². The lowest BCUT2D eigenvalue weighted by molar-refractivity contribution is 0.573. The van der Waals surface area contributed by atoms with Crippen molar-refractivity contribution in [1.29, 1.82) is 5.26 Å². The van der Waals surface area contributed by atoms with E-state index < -0.39 is 5.82 Å². The van der Waals surface area contributed by atoms with Gasteiger partial charge in [-0.05, 0) is 55.2 Å². The van der Waals surface area contributed by atoms with Gasteiger partial charge < -0.3 is 10.2 Å². The summed E-state index contributed by atoms with van der Waals surface area (Å²) in [5, 5.41) is 12.3. The molecule has 0 unspecified atom stereocenters. The number of hydrogen-bond donors (Lipinski definition) is 1. The van der Waals surface area contributed by atoms with Gasteiger partial charge >= 0.3 is 0 Å². The smallest absolute Gasteiger partial charge is 0.128 e. The largest absolute Gasteiger partial charge is 0.380 e. The second-order valence-electron chi connectivity index (χ2n) is 5.73. The SMILES string of the molecule is N#Cc1cc(F)ccc1NCc1ccnc(N2CCCCC2)c1. The molecule has 0 spiro atoms. The molecule has 2 heterocycles. The van der Waals surface area contributed by atoms with Crippen molar-refractivity contribution < 1.29 is 4.39 Å². The molecule has 1 aromatic carbocycles. The first-order valence-electron chi connectivity index (χ1n) is 7.89. The zero-order chi connectivity index (χ0) is 16.1. The van der Waals surface area contributed by atoms with Crippen LogP contribution in [0.15, 0.2) is 36.5 Å². The topological polar surface area (TPSA) is 52.0 Å². The fourth-order valence-electron chi connectivity index (χ4n) is 2.83. The molecule has 0 amide bonds. The number of benzene rings is 1. The third-order valence-electron chi connectivity index (χ3n) is 4.08. The van der Waals surface area contributed by atoms with Crippen LogP contribution in [-0.2, 0) is 6.54 Å². The monoisotopic (exact) mass is 310 g/mol. The van der Waals surface area contributed by atoms with Crippen LogP contribution < -0.4 is 10.2 Å². The standard InChI is InChI=1S/C18H19FN4/c19-16-4-5-17(15(11-16)12-20)22-13-14-6-7-21-18(10-14)23-8-2-1-3-9-23/h4-7,10-11,22H,1-3,8-9,13H2. The molecule has 23 heavy (non-hydrogen) atoms. The van der Waals surface area contributed by atoms with E-state index >= 15 is 0 Å². The van der Waals surface area contributed by atoms with E-state index in [1.54, 1.807) is 6.07 Å². The molecule has 1 aliphatic heterocycles. The summed E-state index contributed by atoms with van der Waals surface area (Å²) in [4.78, 5) is 6.77. The number of nitrogens with zero attached hydrogens (tertiary/aromatic N) is 3. The summed E-state index contributed by atoms with van der Waals surface area (Å²) >= 11 is 0. The van der Waals surface area contributed by atoms with Crippen LogP contribution in [0.3, 0.4) is 0 Å². The Morgan fingerprint density at radius 3 is 2.78 bits per heavy atom. The molecule has 118 valence electrons. The second-order valence-corrected chi connectivity index (χ2v) is 5.73. The molecule has 3 rings (SSSR count). The normalized spacial score (nSPS) is 14.3. The number of hydrogen-bond acceptors (Lipinski definition) is 4. The molecule has 1 fully saturated rings. The number of nitriles is 1. The van der Waals surface area contributed by atoms with E-state index in [1.165, 1.54) is 31.4 Å². The Hall–Kier alpha value is -2.61. The Labute approximate surface area is 135 Å². The molecule has 1 N–H and O–H groups in total. The minimum Gasteiger partial charge on any atom is -0.380 e.